The first kappa shape index (κ1) is 14.7. The molecule has 1 aliphatic heterocycles. The van der Waals surface area contributed by atoms with Crippen molar-refractivity contribution in [2.45, 2.75) is 12.6 Å². The standard InChI is InChI=1S/C6H11NO2.C2HF3O2/c1-9-6(8)5-2-3-7-4-5;3-2(4,5)1(6)7/h5,7H,2-4H2,1H3;(H,6,7)/t5-;/m1./s1. The Bertz CT molecular complexity index is 248. The van der Waals surface area contributed by atoms with Crippen LogP contribution in [0.3, 0.4) is 0 Å². The van der Waals surface area contributed by atoms with E-state index in [4.69, 9.17) is 9.90 Å². The zero-order chi connectivity index (χ0) is 12.8. The molecular formula is C8H12F3NO4. The van der Waals surface area contributed by atoms with Gasteiger partial charge in [0.05, 0.1) is 13.0 Å². The number of hydrogen-bond acceptors (Lipinski definition) is 4. The molecule has 1 rings (SSSR count). The fraction of sp³-hybridized carbons (Fsp3) is 0.750. The normalized spacial score (nSPS) is 19.6. The highest BCUT2D eigenvalue weighted by atomic mass is 19.4. The first-order chi connectivity index (χ1) is 7.29. The lowest BCUT2D eigenvalue weighted by molar-refractivity contribution is -0.192. The second kappa shape index (κ2) is 6.31. The first-order valence-electron chi connectivity index (χ1n) is 4.37. The lowest BCUT2D eigenvalue weighted by Gasteiger charge is -2.02. The molecule has 0 aliphatic carbocycles. The number of aliphatic carboxylic acids is 1. The van der Waals surface area contributed by atoms with Crippen molar-refractivity contribution in [3.05, 3.63) is 0 Å². The maximum Gasteiger partial charge on any atom is 0.490 e. The Labute approximate surface area is 89.6 Å². The van der Waals surface area contributed by atoms with E-state index in [9.17, 15) is 18.0 Å². The number of esters is 1. The summed E-state index contributed by atoms with van der Waals surface area (Å²) in [7, 11) is 1.43. The van der Waals surface area contributed by atoms with Crippen LogP contribution in [0, 0.1) is 5.92 Å². The molecule has 5 nitrogen and oxygen atoms in total. The molecule has 1 saturated heterocycles. The van der Waals surface area contributed by atoms with Gasteiger partial charge in [-0.25, -0.2) is 4.79 Å². The Balaban J connectivity index is 0.000000293. The number of halogens is 3. The monoisotopic (exact) mass is 243 g/mol. The molecule has 0 aromatic carbocycles. The smallest absolute Gasteiger partial charge is 0.475 e. The number of carbonyl (C=O) groups excluding carboxylic acids is 1. The summed E-state index contributed by atoms with van der Waals surface area (Å²) in [5.74, 6) is -2.73. The summed E-state index contributed by atoms with van der Waals surface area (Å²) in [5, 5.41) is 10.2. The van der Waals surface area contributed by atoms with Crippen molar-refractivity contribution in [1.29, 1.82) is 0 Å². The van der Waals surface area contributed by atoms with E-state index in [1.54, 1.807) is 0 Å². The Morgan fingerprint density at radius 1 is 1.44 bits per heavy atom. The van der Waals surface area contributed by atoms with Crippen LogP contribution in [0.2, 0.25) is 0 Å². The topological polar surface area (TPSA) is 75.6 Å². The Morgan fingerprint density at radius 2 is 1.94 bits per heavy atom. The minimum absolute atomic E-state index is 0.0833. The van der Waals surface area contributed by atoms with Crippen LogP contribution >= 0.6 is 0 Å². The van der Waals surface area contributed by atoms with Crippen LogP contribution in [0.15, 0.2) is 0 Å². The molecule has 1 heterocycles. The van der Waals surface area contributed by atoms with E-state index in [-0.39, 0.29) is 11.9 Å². The third-order valence-corrected chi connectivity index (χ3v) is 1.84. The van der Waals surface area contributed by atoms with Gasteiger partial charge in [-0.15, -0.1) is 0 Å². The average Bonchev–Trinajstić information content (AvgIpc) is 2.69. The maximum absolute atomic E-state index is 10.8. The van der Waals surface area contributed by atoms with E-state index in [2.05, 4.69) is 10.1 Å². The molecule has 0 radical (unpaired) electrons. The summed E-state index contributed by atoms with van der Waals surface area (Å²) in [6.45, 7) is 1.73. The summed E-state index contributed by atoms with van der Waals surface area (Å²) >= 11 is 0. The number of nitrogens with one attached hydrogen (secondary N) is 1. The number of carboxylic acids is 1. The van der Waals surface area contributed by atoms with Crippen LogP contribution in [0.5, 0.6) is 0 Å². The number of rotatable bonds is 1. The first-order valence-corrected chi connectivity index (χ1v) is 4.37. The molecule has 1 atom stereocenters. The number of carbonyl (C=O) groups is 2. The highest BCUT2D eigenvalue weighted by Gasteiger charge is 2.38. The summed E-state index contributed by atoms with van der Waals surface area (Å²) in [4.78, 5) is 19.6. The van der Waals surface area contributed by atoms with Gasteiger partial charge < -0.3 is 15.2 Å². The molecule has 0 aromatic rings. The highest BCUT2D eigenvalue weighted by molar-refractivity contribution is 5.73. The SMILES string of the molecule is COC(=O)[C@@H]1CCNC1.O=C(O)C(F)(F)F. The Morgan fingerprint density at radius 3 is 2.19 bits per heavy atom. The van der Waals surface area contributed by atoms with E-state index >= 15 is 0 Å². The van der Waals surface area contributed by atoms with Gasteiger partial charge in [-0.2, -0.15) is 13.2 Å². The quantitative estimate of drug-likeness (QED) is 0.652. The van der Waals surface area contributed by atoms with E-state index < -0.39 is 12.1 Å². The molecule has 0 spiro atoms. The zero-order valence-corrected chi connectivity index (χ0v) is 8.50. The molecule has 0 saturated carbocycles. The molecule has 2 N–H and O–H groups in total. The number of carboxylic acid groups (broad SMARTS) is 1. The van der Waals surface area contributed by atoms with Gasteiger partial charge in [-0.1, -0.05) is 0 Å². The van der Waals surface area contributed by atoms with Gasteiger partial charge in [0.2, 0.25) is 0 Å². The largest absolute Gasteiger partial charge is 0.490 e. The maximum atomic E-state index is 10.8. The van der Waals surface area contributed by atoms with Crippen LogP contribution in [-0.4, -0.2) is 43.4 Å². The van der Waals surface area contributed by atoms with E-state index in [1.165, 1.54) is 7.11 Å². The summed E-state index contributed by atoms with van der Waals surface area (Å²) < 4.78 is 36.3. The average molecular weight is 243 g/mol. The highest BCUT2D eigenvalue weighted by Crippen LogP contribution is 2.13. The van der Waals surface area contributed by atoms with Crippen LogP contribution in [0.4, 0.5) is 13.2 Å². The minimum atomic E-state index is -5.08. The zero-order valence-electron chi connectivity index (χ0n) is 8.50. The van der Waals surface area contributed by atoms with Gasteiger partial charge in [0, 0.05) is 6.54 Å². The molecule has 94 valence electrons. The van der Waals surface area contributed by atoms with E-state index in [0.29, 0.717) is 0 Å². The van der Waals surface area contributed by atoms with Crippen LogP contribution in [0.1, 0.15) is 6.42 Å². The molecule has 1 aliphatic rings. The molecule has 0 bridgehead atoms. The van der Waals surface area contributed by atoms with Gasteiger partial charge in [-0.3, -0.25) is 4.79 Å². The van der Waals surface area contributed by atoms with Gasteiger partial charge in [0.15, 0.2) is 0 Å². The van der Waals surface area contributed by atoms with Crippen molar-refractivity contribution >= 4 is 11.9 Å². The van der Waals surface area contributed by atoms with Crippen molar-refractivity contribution in [1.82, 2.24) is 5.32 Å². The van der Waals surface area contributed by atoms with Crippen molar-refractivity contribution in [2.24, 2.45) is 5.92 Å². The molecule has 8 heteroatoms. The van der Waals surface area contributed by atoms with Gasteiger partial charge in [0.25, 0.3) is 0 Å². The lowest BCUT2D eigenvalue weighted by Crippen LogP contribution is -2.21. The second-order valence-corrected chi connectivity index (χ2v) is 3.02. The van der Waals surface area contributed by atoms with E-state index in [1.807, 2.05) is 0 Å². The number of ether oxygens (including phenoxy) is 1. The molecule has 16 heavy (non-hydrogen) atoms. The van der Waals surface area contributed by atoms with Crippen LogP contribution < -0.4 is 5.32 Å². The van der Waals surface area contributed by atoms with E-state index in [0.717, 1.165) is 19.5 Å². The minimum Gasteiger partial charge on any atom is -0.475 e. The fourth-order valence-corrected chi connectivity index (χ4v) is 1.02. The summed E-state index contributed by atoms with van der Waals surface area (Å²) in [6.07, 6.45) is -4.16. The number of methoxy groups -OCH3 is 1. The Kier molecular flexibility index (Phi) is 5.79. The number of alkyl halides is 3. The summed E-state index contributed by atoms with van der Waals surface area (Å²) in [6, 6.07) is 0. The molecule has 0 aromatic heterocycles. The van der Waals surface area contributed by atoms with Crippen molar-refractivity contribution in [3.63, 3.8) is 0 Å². The van der Waals surface area contributed by atoms with Crippen molar-refractivity contribution < 1.29 is 32.6 Å². The van der Waals surface area contributed by atoms with Crippen molar-refractivity contribution in [3.8, 4) is 0 Å². The third-order valence-electron chi connectivity index (χ3n) is 1.84. The number of hydrogen-bond donors (Lipinski definition) is 2. The molecule has 1 fully saturated rings. The third kappa shape index (κ3) is 5.54. The predicted octanol–water partition coefficient (Wildman–Crippen LogP) is 0.402. The van der Waals surface area contributed by atoms with Gasteiger partial charge in [0.1, 0.15) is 0 Å². The predicted molar refractivity (Wildman–Crippen MR) is 46.7 cm³/mol. The Hall–Kier alpha value is -1.31. The van der Waals surface area contributed by atoms with Crippen LogP contribution in [0.25, 0.3) is 0 Å². The lowest BCUT2D eigenvalue weighted by atomic mass is 10.1. The van der Waals surface area contributed by atoms with Crippen molar-refractivity contribution in [2.75, 3.05) is 20.2 Å². The fourth-order valence-electron chi connectivity index (χ4n) is 1.02. The van der Waals surface area contributed by atoms with Gasteiger partial charge in [-0.05, 0) is 13.0 Å². The molecule has 0 amide bonds. The second-order valence-electron chi connectivity index (χ2n) is 3.02. The summed E-state index contributed by atoms with van der Waals surface area (Å²) in [5.41, 5.74) is 0. The van der Waals surface area contributed by atoms with Crippen LogP contribution in [-0.2, 0) is 14.3 Å². The molecule has 0 unspecified atom stereocenters. The molecular weight excluding hydrogens is 231 g/mol. The van der Waals surface area contributed by atoms with Gasteiger partial charge >= 0.3 is 18.1 Å².